The van der Waals surface area contributed by atoms with E-state index in [-0.39, 0.29) is 5.92 Å². The molecule has 0 aliphatic carbocycles. The number of oxazole rings is 1. The Labute approximate surface area is 146 Å². The molecule has 3 aromatic heterocycles. The predicted molar refractivity (Wildman–Crippen MR) is 87.4 cm³/mol. The number of aromatic nitrogens is 4. The van der Waals surface area contributed by atoms with Crippen LogP contribution >= 0.6 is 0 Å². The van der Waals surface area contributed by atoms with Gasteiger partial charge in [-0.2, -0.15) is 18.3 Å². The second-order valence-electron chi connectivity index (χ2n) is 5.86. The lowest BCUT2D eigenvalue weighted by molar-refractivity contribution is -0.137. The smallest absolute Gasteiger partial charge is 0.416 e. The van der Waals surface area contributed by atoms with Crippen molar-refractivity contribution in [1.82, 2.24) is 19.6 Å². The maximum absolute atomic E-state index is 12.7. The average molecular weight is 358 g/mol. The lowest BCUT2D eigenvalue weighted by atomic mass is 10.0. The molecule has 8 heteroatoms. The summed E-state index contributed by atoms with van der Waals surface area (Å²) >= 11 is 0. The minimum absolute atomic E-state index is 0.108. The van der Waals surface area contributed by atoms with E-state index in [2.05, 4.69) is 15.1 Å². The average Bonchev–Trinajstić information content (AvgIpc) is 3.30. The molecule has 0 fully saturated rings. The van der Waals surface area contributed by atoms with E-state index in [0.29, 0.717) is 22.5 Å². The summed E-state index contributed by atoms with van der Waals surface area (Å²) in [5.74, 6) is 0.576. The van der Waals surface area contributed by atoms with Gasteiger partial charge in [-0.15, -0.1) is 0 Å². The number of benzene rings is 1. The van der Waals surface area contributed by atoms with Gasteiger partial charge in [0.25, 0.3) is 0 Å². The molecule has 5 nitrogen and oxygen atoms in total. The highest BCUT2D eigenvalue weighted by Gasteiger charge is 2.30. The number of hydrogen-bond donors (Lipinski definition) is 0. The van der Waals surface area contributed by atoms with Gasteiger partial charge in [0.1, 0.15) is 5.76 Å². The van der Waals surface area contributed by atoms with Gasteiger partial charge in [0.05, 0.1) is 29.6 Å². The molecule has 0 saturated carbocycles. The Bertz CT molecular complexity index is 1040. The zero-order valence-electron chi connectivity index (χ0n) is 13.6. The molecule has 26 heavy (non-hydrogen) atoms. The Morgan fingerprint density at radius 1 is 1.08 bits per heavy atom. The van der Waals surface area contributed by atoms with Crippen LogP contribution in [-0.2, 0) is 6.18 Å². The summed E-state index contributed by atoms with van der Waals surface area (Å²) in [6.45, 7) is 1.95. The van der Waals surface area contributed by atoms with Crippen molar-refractivity contribution in [3.63, 3.8) is 0 Å². The molecule has 0 amide bonds. The van der Waals surface area contributed by atoms with Gasteiger partial charge in [0, 0.05) is 11.8 Å². The fraction of sp³-hybridized carbons (Fsp3) is 0.167. The summed E-state index contributed by atoms with van der Waals surface area (Å²) in [5.41, 5.74) is 1.99. The van der Waals surface area contributed by atoms with Gasteiger partial charge in [-0.1, -0.05) is 12.1 Å². The zero-order chi connectivity index (χ0) is 18.3. The van der Waals surface area contributed by atoms with Crippen molar-refractivity contribution in [2.45, 2.75) is 19.0 Å². The molecule has 0 radical (unpaired) electrons. The van der Waals surface area contributed by atoms with Gasteiger partial charge in [-0.05, 0) is 30.7 Å². The lowest BCUT2D eigenvalue weighted by Gasteiger charge is -2.10. The number of hydrogen-bond acceptors (Lipinski definition) is 4. The van der Waals surface area contributed by atoms with Crippen molar-refractivity contribution in [2.24, 2.45) is 0 Å². The third-order valence-corrected chi connectivity index (χ3v) is 4.28. The Hall–Kier alpha value is -3.16. The molecule has 0 bridgehead atoms. The maximum Gasteiger partial charge on any atom is 0.416 e. The number of halogens is 3. The van der Waals surface area contributed by atoms with Crippen LogP contribution in [0.5, 0.6) is 0 Å². The Kier molecular flexibility index (Phi) is 3.75. The van der Waals surface area contributed by atoms with Crippen LogP contribution in [-0.4, -0.2) is 19.6 Å². The summed E-state index contributed by atoms with van der Waals surface area (Å²) in [6.07, 6.45) is 1.88. The molecule has 0 spiro atoms. The summed E-state index contributed by atoms with van der Waals surface area (Å²) in [4.78, 5) is 8.27. The normalized spacial score (nSPS) is 13.2. The van der Waals surface area contributed by atoms with E-state index in [1.54, 1.807) is 23.1 Å². The standard InChI is InChI=1S/C18H13F3N4O/c1-11(16-9-22-10-26-16)15-6-7-23-17-14(8-24-25(15)17)12-2-4-13(5-3-12)18(19,20)21/h2-11H,1H3. The number of nitrogens with zero attached hydrogens (tertiary/aromatic N) is 4. The van der Waals surface area contributed by atoms with Crippen molar-refractivity contribution in [2.75, 3.05) is 0 Å². The van der Waals surface area contributed by atoms with Gasteiger partial charge in [0.15, 0.2) is 12.0 Å². The number of rotatable bonds is 3. The topological polar surface area (TPSA) is 56.2 Å². The third-order valence-electron chi connectivity index (χ3n) is 4.28. The van der Waals surface area contributed by atoms with Crippen LogP contribution in [0.25, 0.3) is 16.8 Å². The molecule has 1 unspecified atom stereocenters. The Balaban J connectivity index is 1.78. The van der Waals surface area contributed by atoms with Crippen molar-refractivity contribution in [3.05, 3.63) is 72.3 Å². The first-order valence-electron chi connectivity index (χ1n) is 7.84. The SMILES string of the molecule is CC(c1cnco1)c1ccnc2c(-c3ccc(C(F)(F)F)cc3)cnn12. The first-order chi connectivity index (χ1) is 12.4. The summed E-state index contributed by atoms with van der Waals surface area (Å²) in [5, 5.41) is 4.37. The molecule has 1 atom stereocenters. The molecule has 4 aromatic rings. The number of alkyl halides is 3. The Morgan fingerprint density at radius 2 is 1.85 bits per heavy atom. The molecule has 0 aliphatic heterocycles. The van der Waals surface area contributed by atoms with Gasteiger partial charge < -0.3 is 4.42 Å². The van der Waals surface area contributed by atoms with Crippen molar-refractivity contribution in [3.8, 4) is 11.1 Å². The second kappa shape index (κ2) is 5.98. The largest absolute Gasteiger partial charge is 0.448 e. The molecular formula is C18H13F3N4O. The molecule has 132 valence electrons. The van der Waals surface area contributed by atoms with Gasteiger partial charge in [-0.3, -0.25) is 0 Å². The van der Waals surface area contributed by atoms with Gasteiger partial charge in [-0.25, -0.2) is 14.5 Å². The van der Waals surface area contributed by atoms with E-state index in [4.69, 9.17) is 4.42 Å². The van der Waals surface area contributed by atoms with E-state index >= 15 is 0 Å². The minimum atomic E-state index is -4.36. The molecule has 0 aliphatic rings. The molecule has 1 aromatic carbocycles. The van der Waals surface area contributed by atoms with Crippen LogP contribution in [0.3, 0.4) is 0 Å². The van der Waals surface area contributed by atoms with Crippen LogP contribution in [0.2, 0.25) is 0 Å². The predicted octanol–water partition coefficient (Wildman–Crippen LogP) is 4.55. The fourth-order valence-electron chi connectivity index (χ4n) is 2.87. The third kappa shape index (κ3) is 2.73. The van der Waals surface area contributed by atoms with E-state index in [9.17, 15) is 13.2 Å². The van der Waals surface area contributed by atoms with Crippen LogP contribution < -0.4 is 0 Å². The lowest BCUT2D eigenvalue weighted by Crippen LogP contribution is -2.05. The molecule has 3 heterocycles. The number of fused-ring (bicyclic) bond motifs is 1. The van der Waals surface area contributed by atoms with Crippen LogP contribution in [0, 0.1) is 0 Å². The highest BCUT2D eigenvalue weighted by molar-refractivity contribution is 5.77. The van der Waals surface area contributed by atoms with Gasteiger partial charge in [0.2, 0.25) is 0 Å². The van der Waals surface area contributed by atoms with Crippen molar-refractivity contribution < 1.29 is 17.6 Å². The van der Waals surface area contributed by atoms with Crippen LogP contribution in [0.15, 0.2) is 59.7 Å². The molecule has 0 N–H and O–H groups in total. The van der Waals surface area contributed by atoms with Gasteiger partial charge >= 0.3 is 6.18 Å². The zero-order valence-corrected chi connectivity index (χ0v) is 13.6. The molecule has 0 saturated heterocycles. The quantitative estimate of drug-likeness (QED) is 0.539. The van der Waals surface area contributed by atoms with Crippen LogP contribution in [0.1, 0.15) is 29.9 Å². The molecule has 4 rings (SSSR count). The monoisotopic (exact) mass is 358 g/mol. The van der Waals surface area contributed by atoms with E-state index in [1.807, 2.05) is 13.0 Å². The van der Waals surface area contributed by atoms with Crippen molar-refractivity contribution in [1.29, 1.82) is 0 Å². The summed E-state index contributed by atoms with van der Waals surface area (Å²) in [7, 11) is 0. The first kappa shape index (κ1) is 16.3. The Morgan fingerprint density at radius 3 is 2.50 bits per heavy atom. The first-order valence-corrected chi connectivity index (χ1v) is 7.84. The van der Waals surface area contributed by atoms with E-state index in [1.165, 1.54) is 18.5 Å². The highest BCUT2D eigenvalue weighted by Crippen LogP contribution is 2.32. The summed E-state index contributed by atoms with van der Waals surface area (Å²) in [6, 6.07) is 6.78. The molecular weight excluding hydrogens is 345 g/mol. The van der Waals surface area contributed by atoms with Crippen LogP contribution in [0.4, 0.5) is 13.2 Å². The summed E-state index contributed by atoms with van der Waals surface area (Å²) < 4.78 is 45.3. The van der Waals surface area contributed by atoms with Crippen molar-refractivity contribution >= 4 is 5.65 Å². The van der Waals surface area contributed by atoms with E-state index in [0.717, 1.165) is 17.8 Å². The minimum Gasteiger partial charge on any atom is -0.448 e. The maximum atomic E-state index is 12.7. The van der Waals surface area contributed by atoms with E-state index < -0.39 is 11.7 Å². The second-order valence-corrected chi connectivity index (χ2v) is 5.86. The fourth-order valence-corrected chi connectivity index (χ4v) is 2.87. The highest BCUT2D eigenvalue weighted by atomic mass is 19.4.